The second-order valence-corrected chi connectivity index (χ2v) is 3.92. The fourth-order valence-electron chi connectivity index (χ4n) is 1.87. The highest BCUT2D eigenvalue weighted by Crippen LogP contribution is 2.32. The number of rotatable bonds is 1. The lowest BCUT2D eigenvalue weighted by atomic mass is 9.83. The Morgan fingerprint density at radius 2 is 1.86 bits per heavy atom. The van der Waals surface area contributed by atoms with Gasteiger partial charge >= 0.3 is 6.18 Å². The van der Waals surface area contributed by atoms with Crippen LogP contribution in [0, 0.1) is 5.92 Å². The summed E-state index contributed by atoms with van der Waals surface area (Å²) in [5.41, 5.74) is 0.467. The number of alkyl halides is 3. The molecule has 1 N–H and O–H groups in total. The zero-order valence-corrected chi connectivity index (χ0v) is 8.14. The summed E-state index contributed by atoms with van der Waals surface area (Å²) in [6, 6.07) is 0. The molecular weight excluding hydrogens is 193 g/mol. The summed E-state index contributed by atoms with van der Waals surface area (Å²) in [4.78, 5) is 0. The Bertz CT molecular complexity index is 208. The van der Waals surface area contributed by atoms with Crippen molar-refractivity contribution >= 4 is 0 Å². The molecule has 0 spiro atoms. The molecule has 4 heteroatoms. The highest BCUT2D eigenvalue weighted by Gasteiger charge is 2.27. The van der Waals surface area contributed by atoms with E-state index in [2.05, 4.69) is 0 Å². The lowest BCUT2D eigenvalue weighted by molar-refractivity contribution is -0.0809. The molecule has 1 fully saturated rings. The van der Waals surface area contributed by atoms with E-state index < -0.39 is 12.3 Å². The monoisotopic (exact) mass is 208 g/mol. The molecule has 82 valence electrons. The van der Waals surface area contributed by atoms with Crippen molar-refractivity contribution in [2.24, 2.45) is 5.92 Å². The molecule has 0 aromatic heterocycles. The Morgan fingerprint density at radius 1 is 1.36 bits per heavy atom. The Hall–Kier alpha value is -0.510. The van der Waals surface area contributed by atoms with Gasteiger partial charge in [0.25, 0.3) is 0 Å². The fourth-order valence-corrected chi connectivity index (χ4v) is 1.87. The first-order valence-corrected chi connectivity index (χ1v) is 4.84. The Morgan fingerprint density at radius 3 is 2.21 bits per heavy atom. The third kappa shape index (κ3) is 3.70. The minimum atomic E-state index is -4.19. The van der Waals surface area contributed by atoms with Crippen LogP contribution >= 0.6 is 0 Å². The van der Waals surface area contributed by atoms with Gasteiger partial charge in [0.15, 0.2) is 0 Å². The molecule has 1 unspecified atom stereocenters. The van der Waals surface area contributed by atoms with Gasteiger partial charge in [-0.1, -0.05) is 5.57 Å². The van der Waals surface area contributed by atoms with Crippen molar-refractivity contribution < 1.29 is 18.3 Å². The van der Waals surface area contributed by atoms with Crippen LogP contribution in [-0.4, -0.2) is 17.4 Å². The van der Waals surface area contributed by atoms with E-state index in [1.807, 2.05) is 0 Å². The van der Waals surface area contributed by atoms with Gasteiger partial charge in [-0.25, -0.2) is 0 Å². The second-order valence-electron chi connectivity index (χ2n) is 3.92. The molecular formula is C10H15F3O. The van der Waals surface area contributed by atoms with E-state index >= 15 is 0 Å². The van der Waals surface area contributed by atoms with Gasteiger partial charge in [-0.2, -0.15) is 13.2 Å². The van der Waals surface area contributed by atoms with E-state index in [9.17, 15) is 18.3 Å². The predicted octanol–water partition coefficient (Wildman–Crippen LogP) is 3.05. The highest BCUT2D eigenvalue weighted by molar-refractivity contribution is 5.08. The van der Waals surface area contributed by atoms with E-state index in [1.165, 1.54) is 0 Å². The fraction of sp³-hybridized carbons (Fsp3) is 0.800. The van der Waals surface area contributed by atoms with Crippen molar-refractivity contribution in [1.29, 1.82) is 0 Å². The maximum atomic E-state index is 12.0. The van der Waals surface area contributed by atoms with Crippen molar-refractivity contribution in [1.82, 2.24) is 0 Å². The molecule has 1 aliphatic rings. The maximum Gasteiger partial charge on any atom is 0.409 e. The van der Waals surface area contributed by atoms with Gasteiger partial charge in [0.2, 0.25) is 0 Å². The van der Waals surface area contributed by atoms with Crippen molar-refractivity contribution in [2.75, 3.05) is 0 Å². The van der Waals surface area contributed by atoms with Gasteiger partial charge in [0.05, 0.1) is 6.10 Å². The lowest BCUT2D eigenvalue weighted by Gasteiger charge is -2.26. The first-order chi connectivity index (χ1) is 6.38. The van der Waals surface area contributed by atoms with E-state index in [-0.39, 0.29) is 5.92 Å². The number of hydrogen-bond donors (Lipinski definition) is 1. The summed E-state index contributed by atoms with van der Waals surface area (Å²) in [6.45, 7) is 1.70. The van der Waals surface area contributed by atoms with Gasteiger partial charge in [-0.3, -0.25) is 0 Å². The third-order valence-corrected chi connectivity index (χ3v) is 2.72. The van der Waals surface area contributed by atoms with E-state index in [0.29, 0.717) is 37.3 Å². The zero-order chi connectivity index (χ0) is 10.8. The van der Waals surface area contributed by atoms with Gasteiger partial charge in [-0.05, 0) is 38.5 Å². The first-order valence-electron chi connectivity index (χ1n) is 4.84. The molecule has 0 aromatic rings. The van der Waals surface area contributed by atoms with E-state index in [4.69, 9.17) is 0 Å². The highest BCUT2D eigenvalue weighted by atomic mass is 19.4. The minimum absolute atomic E-state index is 0.167. The molecule has 1 rings (SSSR count). The van der Waals surface area contributed by atoms with Crippen molar-refractivity contribution in [3.63, 3.8) is 0 Å². The zero-order valence-electron chi connectivity index (χ0n) is 8.14. The Labute approximate surface area is 81.6 Å². The van der Waals surface area contributed by atoms with Crippen molar-refractivity contribution in [3.05, 3.63) is 11.6 Å². The van der Waals surface area contributed by atoms with E-state index in [1.54, 1.807) is 6.92 Å². The van der Waals surface area contributed by atoms with Crippen LogP contribution in [0.2, 0.25) is 0 Å². The smallest absolute Gasteiger partial charge is 0.393 e. The standard InChI is InChI=1S/C10H15F3O/c1-7(14)9-4-2-8(3-5-9)6-10(11,12)13/h6-7,9,14H,2-5H2,1H3. The number of aliphatic hydroxyl groups is 1. The molecule has 1 aliphatic carbocycles. The molecule has 1 saturated carbocycles. The van der Waals surface area contributed by atoms with Crippen LogP contribution in [-0.2, 0) is 0 Å². The summed E-state index contributed by atoms with van der Waals surface area (Å²) < 4.78 is 35.9. The van der Waals surface area contributed by atoms with Crippen molar-refractivity contribution in [2.45, 2.75) is 44.9 Å². The van der Waals surface area contributed by atoms with E-state index in [0.717, 1.165) is 0 Å². The summed E-state index contributed by atoms with van der Waals surface area (Å²) in [5, 5.41) is 9.25. The molecule has 0 radical (unpaired) electrons. The second kappa shape index (κ2) is 4.34. The van der Waals surface area contributed by atoms with Gasteiger partial charge in [0, 0.05) is 6.08 Å². The molecule has 1 atom stereocenters. The average molecular weight is 208 g/mol. The molecule has 0 aromatic carbocycles. The van der Waals surface area contributed by atoms with Gasteiger partial charge in [0.1, 0.15) is 0 Å². The van der Waals surface area contributed by atoms with Gasteiger partial charge in [-0.15, -0.1) is 0 Å². The Kier molecular flexibility index (Phi) is 3.59. The predicted molar refractivity (Wildman–Crippen MR) is 47.8 cm³/mol. The van der Waals surface area contributed by atoms with Gasteiger partial charge < -0.3 is 5.11 Å². The topological polar surface area (TPSA) is 20.2 Å². The average Bonchev–Trinajstić information content (AvgIpc) is 2.02. The summed E-state index contributed by atoms with van der Waals surface area (Å²) in [5.74, 6) is 0.167. The van der Waals surface area contributed by atoms with Crippen LogP contribution in [0.5, 0.6) is 0 Å². The lowest BCUT2D eigenvalue weighted by Crippen LogP contribution is -2.20. The van der Waals surface area contributed by atoms with Crippen LogP contribution < -0.4 is 0 Å². The summed E-state index contributed by atoms with van der Waals surface area (Å²) in [7, 11) is 0. The van der Waals surface area contributed by atoms with Crippen LogP contribution in [0.15, 0.2) is 11.6 Å². The first kappa shape index (κ1) is 11.6. The van der Waals surface area contributed by atoms with Crippen LogP contribution in [0.25, 0.3) is 0 Å². The van der Waals surface area contributed by atoms with Crippen LogP contribution in [0.1, 0.15) is 32.6 Å². The Balaban J connectivity index is 2.47. The largest absolute Gasteiger partial charge is 0.409 e. The third-order valence-electron chi connectivity index (χ3n) is 2.72. The molecule has 14 heavy (non-hydrogen) atoms. The number of hydrogen-bond acceptors (Lipinski definition) is 1. The summed E-state index contributed by atoms with van der Waals surface area (Å²) >= 11 is 0. The van der Waals surface area contributed by atoms with Crippen molar-refractivity contribution in [3.8, 4) is 0 Å². The molecule has 0 aliphatic heterocycles. The minimum Gasteiger partial charge on any atom is -0.393 e. The molecule has 0 heterocycles. The molecule has 0 saturated heterocycles. The maximum absolute atomic E-state index is 12.0. The number of allylic oxidation sites excluding steroid dienone is 2. The normalized spacial score (nSPS) is 26.1. The number of halogens is 3. The van der Waals surface area contributed by atoms with Crippen LogP contribution in [0.3, 0.4) is 0 Å². The van der Waals surface area contributed by atoms with Crippen LogP contribution in [0.4, 0.5) is 13.2 Å². The quantitative estimate of drug-likeness (QED) is 0.656. The molecule has 0 amide bonds. The summed E-state index contributed by atoms with van der Waals surface area (Å²) in [6.07, 6.45) is -1.91. The SMILES string of the molecule is CC(O)C1CCC(=CC(F)(F)F)CC1. The molecule has 1 nitrogen and oxygen atoms in total. The molecule has 0 bridgehead atoms. The number of aliphatic hydroxyl groups excluding tert-OH is 1.